The molecule has 0 bridgehead atoms. The number of carbonyl (C=O) groups is 1. The Bertz CT molecular complexity index is 144. The van der Waals surface area contributed by atoms with Gasteiger partial charge in [0, 0.05) is 6.92 Å². The summed E-state index contributed by atoms with van der Waals surface area (Å²) in [6.07, 6.45) is -0.346. The quantitative estimate of drug-likeness (QED) is 0.634. The van der Waals surface area contributed by atoms with Crippen molar-refractivity contribution in [1.82, 2.24) is 0 Å². The van der Waals surface area contributed by atoms with Crippen LogP contribution >= 0.6 is 12.2 Å². The summed E-state index contributed by atoms with van der Waals surface area (Å²) < 4.78 is 4.79. The number of thiocarbonyl (C=S) groups is 1. The van der Waals surface area contributed by atoms with Crippen molar-refractivity contribution in [3.8, 4) is 0 Å². The summed E-state index contributed by atoms with van der Waals surface area (Å²) >= 11 is 4.57. The van der Waals surface area contributed by atoms with Crippen LogP contribution < -0.4 is 0 Å². The molecule has 10 heavy (non-hydrogen) atoms. The van der Waals surface area contributed by atoms with Gasteiger partial charge in [-0.05, 0) is 18.6 Å². The van der Waals surface area contributed by atoms with E-state index in [1.807, 2.05) is 0 Å². The summed E-state index contributed by atoms with van der Waals surface area (Å²) in [5.74, 6) is -0.966. The molecule has 1 atom stereocenters. The van der Waals surface area contributed by atoms with Gasteiger partial charge in [-0.1, -0.05) is 6.92 Å². The van der Waals surface area contributed by atoms with E-state index in [0.29, 0.717) is 6.42 Å². The largest absolute Gasteiger partial charge is 0.479 e. The van der Waals surface area contributed by atoms with Gasteiger partial charge in [0.25, 0.3) is 0 Å². The highest BCUT2D eigenvalue weighted by molar-refractivity contribution is 7.80. The fraction of sp³-hybridized carbons (Fsp3) is 0.667. The first kappa shape index (κ1) is 9.36. The smallest absolute Gasteiger partial charge is 0.344 e. The van der Waals surface area contributed by atoms with Gasteiger partial charge in [-0.2, -0.15) is 0 Å². The summed E-state index contributed by atoms with van der Waals surface area (Å²) in [7, 11) is 0. The van der Waals surface area contributed by atoms with Crippen LogP contribution in [-0.2, 0) is 9.53 Å². The SMILES string of the molecule is CCC(OC(C)=S)C(=O)O. The van der Waals surface area contributed by atoms with Crippen LogP contribution in [0.4, 0.5) is 0 Å². The molecule has 0 aliphatic carbocycles. The predicted molar refractivity (Wildman–Crippen MR) is 41.1 cm³/mol. The summed E-state index contributed by atoms with van der Waals surface area (Å²) in [6.45, 7) is 3.29. The van der Waals surface area contributed by atoms with Gasteiger partial charge in [-0.15, -0.1) is 0 Å². The highest BCUT2D eigenvalue weighted by atomic mass is 32.1. The number of aliphatic carboxylic acids is 1. The van der Waals surface area contributed by atoms with Gasteiger partial charge in [-0.3, -0.25) is 0 Å². The molecule has 0 aliphatic rings. The van der Waals surface area contributed by atoms with E-state index in [2.05, 4.69) is 12.2 Å². The minimum atomic E-state index is -0.966. The van der Waals surface area contributed by atoms with Gasteiger partial charge in [0.05, 0.1) is 0 Å². The average molecular weight is 162 g/mol. The lowest BCUT2D eigenvalue weighted by molar-refractivity contribution is -0.145. The van der Waals surface area contributed by atoms with Gasteiger partial charge in [-0.25, -0.2) is 4.79 Å². The molecule has 0 saturated carbocycles. The number of hydrogen-bond acceptors (Lipinski definition) is 3. The van der Waals surface area contributed by atoms with Gasteiger partial charge in [0.1, 0.15) is 0 Å². The van der Waals surface area contributed by atoms with E-state index < -0.39 is 12.1 Å². The van der Waals surface area contributed by atoms with Gasteiger partial charge in [0.2, 0.25) is 0 Å². The van der Waals surface area contributed by atoms with Crippen LogP contribution in [0.25, 0.3) is 0 Å². The van der Waals surface area contributed by atoms with Gasteiger partial charge >= 0.3 is 5.97 Å². The van der Waals surface area contributed by atoms with Crippen LogP contribution in [0.3, 0.4) is 0 Å². The van der Waals surface area contributed by atoms with Crippen molar-refractivity contribution < 1.29 is 14.6 Å². The van der Waals surface area contributed by atoms with Crippen molar-refractivity contribution in [3.63, 3.8) is 0 Å². The fourth-order valence-electron chi connectivity index (χ4n) is 0.509. The molecule has 0 aromatic heterocycles. The number of ether oxygens (including phenoxy) is 1. The van der Waals surface area contributed by atoms with E-state index in [-0.39, 0.29) is 5.05 Å². The van der Waals surface area contributed by atoms with Crippen LogP contribution in [0.15, 0.2) is 0 Å². The minimum Gasteiger partial charge on any atom is -0.479 e. The Morgan fingerprint density at radius 1 is 1.80 bits per heavy atom. The number of rotatable bonds is 3. The van der Waals surface area contributed by atoms with E-state index in [1.54, 1.807) is 13.8 Å². The lowest BCUT2D eigenvalue weighted by atomic mass is 10.3. The van der Waals surface area contributed by atoms with Crippen molar-refractivity contribution in [2.75, 3.05) is 0 Å². The third-order valence-electron chi connectivity index (χ3n) is 0.954. The van der Waals surface area contributed by atoms with Crippen molar-refractivity contribution in [3.05, 3.63) is 0 Å². The van der Waals surface area contributed by atoms with E-state index in [9.17, 15) is 4.79 Å². The third kappa shape index (κ3) is 3.40. The zero-order valence-corrected chi connectivity index (χ0v) is 6.77. The van der Waals surface area contributed by atoms with Crippen molar-refractivity contribution >= 4 is 23.2 Å². The van der Waals surface area contributed by atoms with E-state index in [1.165, 1.54) is 0 Å². The molecular weight excluding hydrogens is 152 g/mol. The maximum Gasteiger partial charge on any atom is 0.344 e. The maximum atomic E-state index is 10.3. The molecular formula is C6H10O3S. The first-order chi connectivity index (χ1) is 4.57. The Labute approximate surface area is 65.0 Å². The zero-order valence-electron chi connectivity index (χ0n) is 5.96. The first-order valence-electron chi connectivity index (χ1n) is 2.98. The molecule has 0 saturated heterocycles. The summed E-state index contributed by atoms with van der Waals surface area (Å²) in [6, 6.07) is 0. The molecule has 1 unspecified atom stereocenters. The summed E-state index contributed by atoms with van der Waals surface area (Å²) in [4.78, 5) is 10.3. The standard InChI is InChI=1S/C6H10O3S/c1-3-5(6(7)8)9-4(2)10/h5H,3H2,1-2H3,(H,7,8). The van der Waals surface area contributed by atoms with Gasteiger partial charge in [0.15, 0.2) is 11.2 Å². The fourth-order valence-corrected chi connectivity index (χ4v) is 0.625. The predicted octanol–water partition coefficient (Wildman–Crippen LogP) is 1.21. The Balaban J connectivity index is 3.83. The monoisotopic (exact) mass is 162 g/mol. The second kappa shape index (κ2) is 4.22. The molecule has 3 nitrogen and oxygen atoms in total. The lowest BCUT2D eigenvalue weighted by Crippen LogP contribution is -2.24. The topological polar surface area (TPSA) is 46.5 Å². The Kier molecular flexibility index (Phi) is 3.95. The maximum absolute atomic E-state index is 10.3. The number of hydrogen-bond donors (Lipinski definition) is 1. The van der Waals surface area contributed by atoms with Gasteiger partial charge < -0.3 is 9.84 Å². The molecule has 0 rings (SSSR count). The Morgan fingerprint density at radius 2 is 2.30 bits per heavy atom. The zero-order chi connectivity index (χ0) is 8.15. The molecule has 0 spiro atoms. The molecule has 0 radical (unpaired) electrons. The molecule has 0 aromatic carbocycles. The second-order valence-corrected chi connectivity index (χ2v) is 2.42. The minimum absolute atomic E-state index is 0.272. The van der Waals surface area contributed by atoms with E-state index >= 15 is 0 Å². The summed E-state index contributed by atoms with van der Waals surface area (Å²) in [5, 5.41) is 8.71. The van der Waals surface area contributed by atoms with Crippen molar-refractivity contribution in [2.45, 2.75) is 26.4 Å². The molecule has 4 heteroatoms. The van der Waals surface area contributed by atoms with Crippen LogP contribution in [0.5, 0.6) is 0 Å². The van der Waals surface area contributed by atoms with E-state index in [4.69, 9.17) is 9.84 Å². The molecule has 1 N–H and O–H groups in total. The first-order valence-corrected chi connectivity index (χ1v) is 3.38. The third-order valence-corrected chi connectivity index (χ3v) is 1.05. The van der Waals surface area contributed by atoms with Crippen molar-refractivity contribution in [2.24, 2.45) is 0 Å². The average Bonchev–Trinajstić information content (AvgIpc) is 1.81. The van der Waals surface area contributed by atoms with E-state index in [0.717, 1.165) is 0 Å². The molecule has 0 aliphatic heterocycles. The molecule has 0 fully saturated rings. The molecule has 0 aromatic rings. The molecule has 0 heterocycles. The normalized spacial score (nSPS) is 12.2. The van der Waals surface area contributed by atoms with Crippen LogP contribution in [0, 0.1) is 0 Å². The van der Waals surface area contributed by atoms with Crippen LogP contribution in [0.2, 0.25) is 0 Å². The van der Waals surface area contributed by atoms with Crippen LogP contribution in [0.1, 0.15) is 20.3 Å². The number of carboxylic acids is 1. The van der Waals surface area contributed by atoms with Crippen LogP contribution in [-0.4, -0.2) is 22.2 Å². The Hall–Kier alpha value is -0.640. The molecule has 58 valence electrons. The second-order valence-electron chi connectivity index (χ2n) is 1.84. The Morgan fingerprint density at radius 3 is 2.40 bits per heavy atom. The highest BCUT2D eigenvalue weighted by Gasteiger charge is 2.15. The molecule has 0 amide bonds. The number of carboxylic acid groups (broad SMARTS) is 1. The lowest BCUT2D eigenvalue weighted by Gasteiger charge is -2.10. The van der Waals surface area contributed by atoms with Crippen molar-refractivity contribution in [1.29, 1.82) is 0 Å². The summed E-state index contributed by atoms with van der Waals surface area (Å²) in [5.41, 5.74) is 0. The highest BCUT2D eigenvalue weighted by Crippen LogP contribution is 1.98.